The topological polar surface area (TPSA) is 55.1 Å². The molecule has 0 aliphatic rings. The minimum absolute atomic E-state index is 0.299. The highest BCUT2D eigenvalue weighted by Crippen LogP contribution is 2.31. The van der Waals surface area contributed by atoms with E-state index < -0.39 is 5.54 Å². The third-order valence-electron chi connectivity index (χ3n) is 3.04. The lowest BCUT2D eigenvalue weighted by Crippen LogP contribution is -2.45. The van der Waals surface area contributed by atoms with Crippen LogP contribution in [0.4, 0.5) is 5.69 Å². The Morgan fingerprint density at radius 3 is 2.50 bits per heavy atom. The van der Waals surface area contributed by atoms with Gasteiger partial charge in [-0.25, -0.2) is 0 Å². The Morgan fingerprint density at radius 2 is 1.85 bits per heavy atom. The largest absolute Gasteiger partial charge is 0.323 e. The maximum atomic E-state index is 12.4. The fraction of sp³-hybridized carbons (Fsp3) is 0.133. The molecule has 0 aliphatic carbocycles. The van der Waals surface area contributed by atoms with Gasteiger partial charge in [0, 0.05) is 0 Å². The van der Waals surface area contributed by atoms with Gasteiger partial charge in [0.25, 0.3) is 0 Å². The SMILES string of the molecule is CC(N)(C(=O)Nc1cccc(Cl)c1Br)c1ccccc1. The number of anilines is 1. The molecule has 2 rings (SSSR count). The first-order chi connectivity index (χ1) is 9.43. The van der Waals surface area contributed by atoms with Crippen LogP contribution in [0.5, 0.6) is 0 Å². The summed E-state index contributed by atoms with van der Waals surface area (Å²) >= 11 is 9.34. The van der Waals surface area contributed by atoms with Crippen LogP contribution < -0.4 is 11.1 Å². The molecule has 0 aliphatic heterocycles. The van der Waals surface area contributed by atoms with Gasteiger partial charge in [0.1, 0.15) is 5.54 Å². The van der Waals surface area contributed by atoms with Crippen LogP contribution in [-0.4, -0.2) is 5.91 Å². The molecule has 1 amide bonds. The third-order valence-corrected chi connectivity index (χ3v) is 4.44. The van der Waals surface area contributed by atoms with Crippen molar-refractivity contribution in [1.29, 1.82) is 0 Å². The number of nitrogens with one attached hydrogen (secondary N) is 1. The monoisotopic (exact) mass is 352 g/mol. The fourth-order valence-electron chi connectivity index (χ4n) is 1.77. The first-order valence-corrected chi connectivity index (χ1v) is 7.20. The maximum absolute atomic E-state index is 12.4. The number of hydrogen-bond acceptors (Lipinski definition) is 2. The van der Waals surface area contributed by atoms with Gasteiger partial charge < -0.3 is 11.1 Å². The molecule has 20 heavy (non-hydrogen) atoms. The van der Waals surface area contributed by atoms with E-state index >= 15 is 0 Å². The number of nitrogens with two attached hydrogens (primary N) is 1. The Balaban J connectivity index is 2.26. The van der Waals surface area contributed by atoms with E-state index in [9.17, 15) is 4.79 Å². The van der Waals surface area contributed by atoms with Crippen LogP contribution in [0.15, 0.2) is 53.0 Å². The molecule has 0 aromatic heterocycles. The number of halogens is 2. The summed E-state index contributed by atoms with van der Waals surface area (Å²) in [7, 11) is 0. The summed E-state index contributed by atoms with van der Waals surface area (Å²) < 4.78 is 0.638. The molecule has 3 N–H and O–H groups in total. The van der Waals surface area contributed by atoms with Crippen molar-refractivity contribution in [3.05, 3.63) is 63.6 Å². The van der Waals surface area contributed by atoms with Crippen LogP contribution in [0, 0.1) is 0 Å². The van der Waals surface area contributed by atoms with Gasteiger partial charge in [0.15, 0.2) is 0 Å². The smallest absolute Gasteiger partial charge is 0.248 e. The summed E-state index contributed by atoms with van der Waals surface area (Å²) in [6, 6.07) is 14.5. The average molecular weight is 354 g/mol. The first-order valence-electron chi connectivity index (χ1n) is 6.03. The van der Waals surface area contributed by atoms with Gasteiger partial charge in [-0.15, -0.1) is 0 Å². The van der Waals surface area contributed by atoms with Crippen LogP contribution in [0.3, 0.4) is 0 Å². The molecule has 104 valence electrons. The second-order valence-electron chi connectivity index (χ2n) is 4.62. The van der Waals surface area contributed by atoms with Crippen LogP contribution in [0.25, 0.3) is 0 Å². The van der Waals surface area contributed by atoms with Crippen molar-refractivity contribution in [1.82, 2.24) is 0 Å². The standard InChI is InChI=1S/C15H14BrClN2O/c1-15(18,10-6-3-2-4-7-10)14(20)19-12-9-5-8-11(17)13(12)16/h2-9H,18H2,1H3,(H,19,20). The fourth-order valence-corrected chi connectivity index (χ4v) is 2.31. The van der Waals surface area contributed by atoms with E-state index in [4.69, 9.17) is 17.3 Å². The molecule has 5 heteroatoms. The van der Waals surface area contributed by atoms with Crippen molar-refractivity contribution in [2.24, 2.45) is 5.73 Å². The average Bonchev–Trinajstić information content (AvgIpc) is 2.44. The van der Waals surface area contributed by atoms with E-state index in [0.29, 0.717) is 15.2 Å². The molecule has 2 aromatic carbocycles. The van der Waals surface area contributed by atoms with Crippen molar-refractivity contribution in [3.8, 4) is 0 Å². The number of carbonyl (C=O) groups is 1. The van der Waals surface area contributed by atoms with E-state index in [-0.39, 0.29) is 5.91 Å². The van der Waals surface area contributed by atoms with Crippen LogP contribution in [-0.2, 0) is 10.3 Å². The predicted octanol–water partition coefficient (Wildman–Crippen LogP) is 3.92. The van der Waals surface area contributed by atoms with Crippen LogP contribution in [0.2, 0.25) is 5.02 Å². The zero-order chi connectivity index (χ0) is 14.8. The summed E-state index contributed by atoms with van der Waals surface area (Å²) in [6.07, 6.45) is 0. The van der Waals surface area contributed by atoms with E-state index in [1.165, 1.54) is 0 Å². The Morgan fingerprint density at radius 1 is 1.20 bits per heavy atom. The minimum atomic E-state index is -1.12. The van der Waals surface area contributed by atoms with Gasteiger partial charge in [-0.1, -0.05) is 48.0 Å². The molecule has 1 atom stereocenters. The second kappa shape index (κ2) is 5.95. The molecule has 3 nitrogen and oxygen atoms in total. The normalized spacial score (nSPS) is 13.6. The van der Waals surface area contributed by atoms with Crippen LogP contribution in [0.1, 0.15) is 12.5 Å². The summed E-state index contributed by atoms with van der Waals surface area (Å²) in [5.41, 5.74) is 6.37. The van der Waals surface area contributed by atoms with Crippen molar-refractivity contribution in [2.75, 3.05) is 5.32 Å². The van der Waals surface area contributed by atoms with Crippen molar-refractivity contribution < 1.29 is 4.79 Å². The number of rotatable bonds is 3. The highest BCUT2D eigenvalue weighted by atomic mass is 79.9. The van der Waals surface area contributed by atoms with E-state index in [1.807, 2.05) is 30.3 Å². The summed E-state index contributed by atoms with van der Waals surface area (Å²) in [4.78, 5) is 12.4. The highest BCUT2D eigenvalue weighted by molar-refractivity contribution is 9.10. The Hall–Kier alpha value is -1.36. The first kappa shape index (κ1) is 15.0. The highest BCUT2D eigenvalue weighted by Gasteiger charge is 2.30. The zero-order valence-electron chi connectivity index (χ0n) is 10.9. The summed E-state index contributed by atoms with van der Waals surface area (Å²) in [5, 5.41) is 3.32. The molecule has 0 fully saturated rings. The third kappa shape index (κ3) is 3.03. The van der Waals surface area contributed by atoms with Gasteiger partial charge in [0.2, 0.25) is 5.91 Å². The van der Waals surface area contributed by atoms with Gasteiger partial charge in [-0.2, -0.15) is 0 Å². The molecule has 0 heterocycles. The van der Waals surface area contributed by atoms with Crippen LogP contribution >= 0.6 is 27.5 Å². The number of amides is 1. The Kier molecular flexibility index (Phi) is 4.48. The molecule has 0 radical (unpaired) electrons. The number of carbonyl (C=O) groups excluding carboxylic acids is 1. The Labute approximate surface area is 131 Å². The van der Waals surface area contributed by atoms with Crippen molar-refractivity contribution in [2.45, 2.75) is 12.5 Å². The minimum Gasteiger partial charge on any atom is -0.323 e. The predicted molar refractivity (Wildman–Crippen MR) is 85.8 cm³/mol. The van der Waals surface area contributed by atoms with Gasteiger partial charge in [0.05, 0.1) is 15.2 Å². The van der Waals surface area contributed by atoms with E-state index in [0.717, 1.165) is 5.56 Å². The van der Waals surface area contributed by atoms with Crippen molar-refractivity contribution in [3.63, 3.8) is 0 Å². The molecule has 1 unspecified atom stereocenters. The molecular weight excluding hydrogens is 340 g/mol. The van der Waals surface area contributed by atoms with Gasteiger partial charge >= 0.3 is 0 Å². The molecule has 0 saturated heterocycles. The lowest BCUT2D eigenvalue weighted by molar-refractivity contribution is -0.120. The maximum Gasteiger partial charge on any atom is 0.248 e. The molecule has 2 aromatic rings. The lowest BCUT2D eigenvalue weighted by Gasteiger charge is -2.24. The zero-order valence-corrected chi connectivity index (χ0v) is 13.2. The van der Waals surface area contributed by atoms with E-state index in [2.05, 4.69) is 21.2 Å². The Bertz CT molecular complexity index is 629. The second-order valence-corrected chi connectivity index (χ2v) is 5.82. The number of hydrogen-bond donors (Lipinski definition) is 2. The molecular formula is C15H14BrClN2O. The van der Waals surface area contributed by atoms with Gasteiger partial charge in [-0.3, -0.25) is 4.79 Å². The van der Waals surface area contributed by atoms with E-state index in [1.54, 1.807) is 25.1 Å². The molecule has 0 spiro atoms. The molecule has 0 bridgehead atoms. The molecule has 0 saturated carbocycles. The quantitative estimate of drug-likeness (QED) is 0.879. The summed E-state index contributed by atoms with van der Waals surface area (Å²) in [6.45, 7) is 1.68. The number of benzene rings is 2. The van der Waals surface area contributed by atoms with Gasteiger partial charge in [-0.05, 0) is 40.5 Å². The lowest BCUT2D eigenvalue weighted by atomic mass is 9.92. The summed E-state index contributed by atoms with van der Waals surface area (Å²) in [5.74, 6) is -0.299. The van der Waals surface area contributed by atoms with Crippen molar-refractivity contribution >= 4 is 39.1 Å².